The number of carbonyl (C=O) groups is 1. The lowest BCUT2D eigenvalue weighted by Crippen LogP contribution is -2.28. The number of rotatable bonds is 6. The largest absolute Gasteiger partial charge is 0.755 e. The third-order valence-corrected chi connectivity index (χ3v) is 3.88. The summed E-state index contributed by atoms with van der Waals surface area (Å²) in [5, 5.41) is 0.576. The van der Waals surface area contributed by atoms with Crippen LogP contribution in [0.15, 0.2) is 18.2 Å². The third-order valence-electron chi connectivity index (χ3n) is 2.50. The maximum absolute atomic E-state index is 11.7. The highest BCUT2D eigenvalue weighted by atomic mass is 79.9. The zero-order valence-corrected chi connectivity index (χ0v) is 13.1. The van der Waals surface area contributed by atoms with Crippen molar-refractivity contribution in [3.63, 3.8) is 0 Å². The molecule has 1 aromatic carbocycles. The molecule has 19 heavy (non-hydrogen) atoms. The van der Waals surface area contributed by atoms with E-state index in [9.17, 15) is 13.6 Å². The van der Waals surface area contributed by atoms with Crippen LogP contribution in [0.5, 0.6) is 0 Å². The van der Waals surface area contributed by atoms with Crippen molar-refractivity contribution in [1.29, 1.82) is 0 Å². The van der Waals surface area contributed by atoms with E-state index in [0.717, 1.165) is 5.56 Å². The number of methoxy groups -OCH3 is 1. The maximum atomic E-state index is 11.7. The first kappa shape index (κ1) is 16.1. The summed E-state index contributed by atoms with van der Waals surface area (Å²) in [7, 11) is 1.27. The highest BCUT2D eigenvalue weighted by Gasteiger charge is 2.18. The van der Waals surface area contributed by atoms with E-state index >= 15 is 0 Å². The van der Waals surface area contributed by atoms with Gasteiger partial charge in [-0.3, -0.25) is 4.21 Å². The third kappa shape index (κ3) is 4.02. The number of benzene rings is 1. The van der Waals surface area contributed by atoms with Gasteiger partial charge in [0.1, 0.15) is 0 Å². The van der Waals surface area contributed by atoms with Gasteiger partial charge in [0.15, 0.2) is 0 Å². The highest BCUT2D eigenvalue weighted by molar-refractivity contribution is 9.08. The smallest absolute Gasteiger partial charge is 0.340 e. The Labute approximate surface area is 123 Å². The first-order chi connectivity index (χ1) is 9.04. The number of nitrogens with zero attached hydrogens (tertiary/aromatic N) is 1. The predicted molar refractivity (Wildman–Crippen MR) is 77.0 cm³/mol. The van der Waals surface area contributed by atoms with Crippen LogP contribution in [0.2, 0.25) is 0 Å². The Morgan fingerprint density at radius 1 is 1.53 bits per heavy atom. The summed E-state index contributed by atoms with van der Waals surface area (Å²) in [6.07, 6.45) is 0.646. The number of ether oxygens (including phenoxy) is 1. The van der Waals surface area contributed by atoms with E-state index in [-0.39, 0.29) is 5.56 Å². The van der Waals surface area contributed by atoms with E-state index in [1.807, 2.05) is 6.92 Å². The van der Waals surface area contributed by atoms with E-state index in [2.05, 4.69) is 20.7 Å². The molecule has 0 radical (unpaired) electrons. The van der Waals surface area contributed by atoms with Crippen LogP contribution in [0.25, 0.3) is 0 Å². The minimum atomic E-state index is -2.43. The molecular formula is C12H15BrNO4S-. The summed E-state index contributed by atoms with van der Waals surface area (Å²) in [4.78, 5) is 11.7. The van der Waals surface area contributed by atoms with E-state index < -0.39 is 17.2 Å². The monoisotopic (exact) mass is 348 g/mol. The van der Waals surface area contributed by atoms with Gasteiger partial charge in [-0.2, -0.15) is 0 Å². The van der Waals surface area contributed by atoms with Crippen molar-refractivity contribution in [3.05, 3.63) is 29.3 Å². The van der Waals surface area contributed by atoms with Crippen LogP contribution in [0.4, 0.5) is 5.69 Å². The van der Waals surface area contributed by atoms with Gasteiger partial charge < -0.3 is 13.6 Å². The van der Waals surface area contributed by atoms with Gasteiger partial charge in [0, 0.05) is 23.1 Å². The molecule has 7 heteroatoms. The minimum absolute atomic E-state index is 0.241. The summed E-state index contributed by atoms with van der Waals surface area (Å²) >= 11 is 0.874. The Morgan fingerprint density at radius 2 is 2.21 bits per heavy atom. The van der Waals surface area contributed by atoms with E-state index in [4.69, 9.17) is 0 Å². The van der Waals surface area contributed by atoms with Gasteiger partial charge in [-0.15, -0.1) is 0 Å². The normalized spacial score (nSPS) is 12.0. The SMILES string of the molecule is CCCN(c1cc(CBr)ccc1C(=O)OC)S(=O)[O-]. The van der Waals surface area contributed by atoms with Crippen molar-refractivity contribution >= 4 is 38.9 Å². The molecule has 0 aliphatic carbocycles. The average molecular weight is 349 g/mol. The lowest BCUT2D eigenvalue weighted by Gasteiger charge is -2.27. The van der Waals surface area contributed by atoms with Gasteiger partial charge >= 0.3 is 5.97 Å². The van der Waals surface area contributed by atoms with Crippen molar-refractivity contribution in [1.82, 2.24) is 0 Å². The second-order valence-corrected chi connectivity index (χ2v) is 5.23. The highest BCUT2D eigenvalue weighted by Crippen LogP contribution is 2.25. The minimum Gasteiger partial charge on any atom is -0.755 e. The molecule has 0 fully saturated rings. The summed E-state index contributed by atoms with van der Waals surface area (Å²) in [6.45, 7) is 2.18. The number of esters is 1. The van der Waals surface area contributed by atoms with Crippen LogP contribution < -0.4 is 4.31 Å². The quantitative estimate of drug-likeness (QED) is 0.449. The fourth-order valence-electron chi connectivity index (χ4n) is 1.63. The number of halogens is 1. The fraction of sp³-hybridized carbons (Fsp3) is 0.417. The molecule has 0 aromatic heterocycles. The maximum Gasteiger partial charge on any atom is 0.340 e. The molecule has 0 saturated heterocycles. The van der Waals surface area contributed by atoms with Crippen molar-refractivity contribution in [2.45, 2.75) is 18.7 Å². The molecule has 0 aliphatic rings. The second kappa shape index (κ2) is 7.62. The molecule has 1 aromatic rings. The van der Waals surface area contributed by atoms with Gasteiger partial charge in [0.25, 0.3) is 0 Å². The van der Waals surface area contributed by atoms with E-state index in [1.165, 1.54) is 11.4 Å². The molecule has 0 bridgehead atoms. The molecule has 0 N–H and O–H groups in total. The molecule has 0 saturated carbocycles. The number of carbonyl (C=O) groups excluding carboxylic acids is 1. The molecule has 0 spiro atoms. The van der Waals surface area contributed by atoms with Gasteiger partial charge in [0.2, 0.25) is 0 Å². The van der Waals surface area contributed by atoms with Crippen LogP contribution in [-0.2, 0) is 21.3 Å². The van der Waals surface area contributed by atoms with Crippen LogP contribution in [0.1, 0.15) is 29.3 Å². The summed E-state index contributed by atoms with van der Waals surface area (Å²) < 4.78 is 28.5. The standard InChI is InChI=1S/C12H16BrNO4S/c1-3-6-14(19(16)17)11-7-9(8-13)4-5-10(11)12(15)18-2/h4-5,7H,3,6,8H2,1-2H3,(H,16,17)/p-1. The Bertz CT molecular complexity index is 481. The number of alkyl halides is 1. The van der Waals surface area contributed by atoms with Crippen molar-refractivity contribution in [2.24, 2.45) is 0 Å². The van der Waals surface area contributed by atoms with Crippen molar-refractivity contribution < 1.29 is 18.3 Å². The molecule has 1 unspecified atom stereocenters. The zero-order valence-electron chi connectivity index (χ0n) is 10.7. The average Bonchev–Trinajstić information content (AvgIpc) is 2.42. The van der Waals surface area contributed by atoms with Crippen molar-refractivity contribution in [2.75, 3.05) is 18.0 Å². The molecule has 106 valence electrons. The van der Waals surface area contributed by atoms with Gasteiger partial charge in [0.05, 0.1) is 18.4 Å². The number of anilines is 1. The molecule has 5 nitrogen and oxygen atoms in total. The Morgan fingerprint density at radius 3 is 2.68 bits per heavy atom. The van der Waals surface area contributed by atoms with Crippen molar-refractivity contribution in [3.8, 4) is 0 Å². The Hall–Kier alpha value is -0.920. The van der Waals surface area contributed by atoms with Gasteiger partial charge in [-0.25, -0.2) is 4.79 Å². The summed E-state index contributed by atoms with van der Waals surface area (Å²) in [5.74, 6) is -0.553. The topological polar surface area (TPSA) is 69.7 Å². The first-order valence-electron chi connectivity index (χ1n) is 5.69. The molecule has 1 rings (SSSR count). The zero-order chi connectivity index (χ0) is 14.4. The number of hydrogen-bond donors (Lipinski definition) is 0. The molecule has 0 aliphatic heterocycles. The van der Waals surface area contributed by atoms with E-state index in [0.29, 0.717) is 24.0 Å². The van der Waals surface area contributed by atoms with Gasteiger partial charge in [-0.05, 0) is 24.1 Å². The Balaban J connectivity index is 3.33. The van der Waals surface area contributed by atoms with Crippen LogP contribution >= 0.6 is 15.9 Å². The predicted octanol–water partition coefficient (Wildman–Crippen LogP) is 2.38. The lowest BCUT2D eigenvalue weighted by atomic mass is 10.1. The van der Waals surface area contributed by atoms with Crippen LogP contribution in [-0.4, -0.2) is 28.4 Å². The summed E-state index contributed by atoms with van der Waals surface area (Å²) in [6, 6.07) is 5.00. The fourth-order valence-corrected chi connectivity index (χ4v) is 2.62. The molecular weight excluding hydrogens is 334 g/mol. The lowest BCUT2D eigenvalue weighted by molar-refractivity contribution is 0.0601. The van der Waals surface area contributed by atoms with Crippen LogP contribution in [0.3, 0.4) is 0 Å². The molecule has 1 atom stereocenters. The first-order valence-corrected chi connectivity index (χ1v) is 7.84. The Kier molecular flexibility index (Phi) is 6.47. The summed E-state index contributed by atoms with van der Waals surface area (Å²) in [5.41, 5.74) is 1.47. The molecule has 0 amide bonds. The second-order valence-electron chi connectivity index (χ2n) is 3.80. The van der Waals surface area contributed by atoms with E-state index in [1.54, 1.807) is 18.2 Å². The van der Waals surface area contributed by atoms with Gasteiger partial charge in [-0.1, -0.05) is 28.9 Å². The number of hydrogen-bond acceptors (Lipinski definition) is 4. The molecule has 0 heterocycles. The van der Waals surface area contributed by atoms with Crippen LogP contribution in [0, 0.1) is 0 Å².